The highest BCUT2D eigenvalue weighted by atomic mass is 16.3. The minimum Gasteiger partial charge on any atom is -0.469 e. The van der Waals surface area contributed by atoms with Crippen LogP contribution in [0.1, 0.15) is 23.0 Å². The summed E-state index contributed by atoms with van der Waals surface area (Å²) in [6, 6.07) is 9.69. The topological polar surface area (TPSA) is 48.7 Å². The Kier molecular flexibility index (Phi) is 4.67. The van der Waals surface area contributed by atoms with Gasteiger partial charge in [-0.3, -0.25) is 4.79 Å². The van der Waals surface area contributed by atoms with E-state index in [-0.39, 0.29) is 5.91 Å². The average molecular weight is 313 g/mol. The van der Waals surface area contributed by atoms with Gasteiger partial charge in [-0.15, -0.1) is 0 Å². The number of aryl methyl sites for hydroxylation is 1. The van der Waals surface area contributed by atoms with Crippen molar-refractivity contribution in [2.24, 2.45) is 0 Å². The van der Waals surface area contributed by atoms with Crippen molar-refractivity contribution >= 4 is 17.3 Å². The van der Waals surface area contributed by atoms with Gasteiger partial charge in [0.15, 0.2) is 0 Å². The van der Waals surface area contributed by atoms with Crippen LogP contribution in [0.5, 0.6) is 0 Å². The molecule has 5 nitrogen and oxygen atoms in total. The Bertz CT molecular complexity index is 672. The highest BCUT2D eigenvalue weighted by Gasteiger charge is 2.19. The third-order valence-corrected chi connectivity index (χ3v) is 4.42. The van der Waals surface area contributed by atoms with E-state index < -0.39 is 0 Å². The highest BCUT2D eigenvalue weighted by molar-refractivity contribution is 6.06. The molecule has 23 heavy (non-hydrogen) atoms. The molecule has 3 rings (SSSR count). The average Bonchev–Trinajstić information content (AvgIpc) is 3.02. The number of para-hydroxylation sites is 2. The van der Waals surface area contributed by atoms with Crippen LogP contribution in [0.2, 0.25) is 0 Å². The Morgan fingerprint density at radius 1 is 1.17 bits per heavy atom. The largest absolute Gasteiger partial charge is 0.469 e. The third kappa shape index (κ3) is 3.40. The van der Waals surface area contributed by atoms with E-state index in [9.17, 15) is 4.79 Å². The number of furan rings is 1. The lowest BCUT2D eigenvalue weighted by molar-refractivity contribution is 0.102. The molecule has 1 saturated heterocycles. The second-order valence-electron chi connectivity index (χ2n) is 5.78. The van der Waals surface area contributed by atoms with Crippen LogP contribution < -0.4 is 10.2 Å². The minimum atomic E-state index is -0.129. The summed E-state index contributed by atoms with van der Waals surface area (Å²) in [4.78, 5) is 17.2. The number of amides is 1. The van der Waals surface area contributed by atoms with Crippen LogP contribution in [0.4, 0.5) is 11.4 Å². The lowest BCUT2D eigenvalue weighted by Crippen LogP contribution is -2.46. The molecule has 1 fully saturated rings. The lowest BCUT2D eigenvalue weighted by Gasteiger charge is -2.36. The maximum Gasteiger partial charge on any atom is 0.259 e. The zero-order valence-corrected chi connectivity index (χ0v) is 13.7. The molecular formula is C18H23N3O2. The van der Waals surface area contributed by atoms with Crippen molar-refractivity contribution in [3.8, 4) is 0 Å². The van der Waals surface area contributed by atoms with Crippen molar-refractivity contribution in [1.29, 1.82) is 0 Å². The van der Waals surface area contributed by atoms with Crippen LogP contribution >= 0.6 is 0 Å². The van der Waals surface area contributed by atoms with Gasteiger partial charge in [0, 0.05) is 26.2 Å². The van der Waals surface area contributed by atoms with E-state index in [0.29, 0.717) is 11.3 Å². The molecule has 1 aromatic carbocycles. The van der Waals surface area contributed by atoms with E-state index in [1.807, 2.05) is 18.2 Å². The van der Waals surface area contributed by atoms with Crippen LogP contribution in [0.25, 0.3) is 0 Å². The van der Waals surface area contributed by atoms with Crippen LogP contribution in [0, 0.1) is 6.92 Å². The molecule has 2 heterocycles. The molecule has 0 aliphatic carbocycles. The van der Waals surface area contributed by atoms with Gasteiger partial charge in [0.2, 0.25) is 0 Å². The smallest absolute Gasteiger partial charge is 0.259 e. The number of carbonyl (C=O) groups is 1. The fourth-order valence-electron chi connectivity index (χ4n) is 2.97. The molecule has 1 N–H and O–H groups in total. The summed E-state index contributed by atoms with van der Waals surface area (Å²) in [6.07, 6.45) is 1.54. The number of anilines is 2. The second-order valence-corrected chi connectivity index (χ2v) is 5.78. The highest BCUT2D eigenvalue weighted by Crippen LogP contribution is 2.27. The molecule has 0 spiro atoms. The molecule has 0 unspecified atom stereocenters. The SMILES string of the molecule is CCN1CCN(c2ccccc2NC(=O)c2ccoc2C)CC1. The van der Waals surface area contributed by atoms with E-state index in [1.165, 1.54) is 0 Å². The fraction of sp³-hybridized carbons (Fsp3) is 0.389. The summed E-state index contributed by atoms with van der Waals surface area (Å²) >= 11 is 0. The van der Waals surface area contributed by atoms with Crippen LogP contribution in [-0.2, 0) is 0 Å². The molecule has 1 amide bonds. The van der Waals surface area contributed by atoms with Crippen molar-refractivity contribution in [3.05, 3.63) is 47.9 Å². The van der Waals surface area contributed by atoms with Crippen molar-refractivity contribution in [3.63, 3.8) is 0 Å². The maximum absolute atomic E-state index is 12.4. The normalized spacial score (nSPS) is 15.7. The Balaban J connectivity index is 1.76. The second kappa shape index (κ2) is 6.87. The lowest BCUT2D eigenvalue weighted by atomic mass is 10.2. The predicted octanol–water partition coefficient (Wildman–Crippen LogP) is 2.98. The number of nitrogens with zero attached hydrogens (tertiary/aromatic N) is 2. The fourth-order valence-corrected chi connectivity index (χ4v) is 2.97. The first-order valence-electron chi connectivity index (χ1n) is 8.11. The van der Waals surface area contributed by atoms with E-state index in [1.54, 1.807) is 19.3 Å². The van der Waals surface area contributed by atoms with E-state index in [0.717, 1.165) is 44.1 Å². The Morgan fingerprint density at radius 2 is 1.91 bits per heavy atom. The van der Waals surface area contributed by atoms with Crippen molar-refractivity contribution in [1.82, 2.24) is 4.90 Å². The first-order chi connectivity index (χ1) is 11.2. The Labute approximate surface area is 136 Å². The molecule has 1 aliphatic rings. The van der Waals surface area contributed by atoms with Gasteiger partial charge in [-0.25, -0.2) is 0 Å². The van der Waals surface area contributed by atoms with Crippen LogP contribution in [-0.4, -0.2) is 43.5 Å². The summed E-state index contributed by atoms with van der Waals surface area (Å²) in [5, 5.41) is 3.02. The number of piperazine rings is 1. The van der Waals surface area contributed by atoms with E-state index in [4.69, 9.17) is 4.42 Å². The quantitative estimate of drug-likeness (QED) is 0.943. The molecular weight excluding hydrogens is 290 g/mol. The molecule has 2 aromatic rings. The summed E-state index contributed by atoms with van der Waals surface area (Å²) in [5.41, 5.74) is 2.51. The molecule has 0 bridgehead atoms. The molecule has 5 heteroatoms. The first-order valence-corrected chi connectivity index (χ1v) is 8.11. The number of benzene rings is 1. The Morgan fingerprint density at radius 3 is 2.57 bits per heavy atom. The summed E-state index contributed by atoms with van der Waals surface area (Å²) in [6.45, 7) is 9.14. The first kappa shape index (κ1) is 15.6. The zero-order valence-electron chi connectivity index (χ0n) is 13.7. The zero-order chi connectivity index (χ0) is 16.2. The van der Waals surface area contributed by atoms with Crippen LogP contribution in [0.3, 0.4) is 0 Å². The standard InChI is InChI=1S/C18H23N3O2/c1-3-20-9-11-21(12-10-20)17-7-5-4-6-16(17)19-18(22)15-8-13-23-14(15)2/h4-8,13H,3,9-12H2,1-2H3,(H,19,22). The number of nitrogens with one attached hydrogen (secondary N) is 1. The van der Waals surface area contributed by atoms with E-state index in [2.05, 4.69) is 28.1 Å². The van der Waals surface area contributed by atoms with Crippen molar-refractivity contribution in [2.45, 2.75) is 13.8 Å². The van der Waals surface area contributed by atoms with Gasteiger partial charge < -0.3 is 19.5 Å². The van der Waals surface area contributed by atoms with Crippen LogP contribution in [0.15, 0.2) is 41.0 Å². The number of hydrogen-bond acceptors (Lipinski definition) is 4. The maximum atomic E-state index is 12.4. The molecule has 1 aromatic heterocycles. The van der Waals surface area contributed by atoms with Gasteiger partial charge in [0.05, 0.1) is 23.2 Å². The van der Waals surface area contributed by atoms with Gasteiger partial charge in [-0.05, 0) is 31.7 Å². The molecule has 0 atom stereocenters. The number of carbonyl (C=O) groups excluding carboxylic acids is 1. The monoisotopic (exact) mass is 313 g/mol. The third-order valence-electron chi connectivity index (χ3n) is 4.42. The summed E-state index contributed by atoms with van der Waals surface area (Å²) in [5.74, 6) is 0.507. The van der Waals surface area contributed by atoms with Gasteiger partial charge in [0.1, 0.15) is 5.76 Å². The van der Waals surface area contributed by atoms with Gasteiger partial charge in [-0.2, -0.15) is 0 Å². The molecule has 0 radical (unpaired) electrons. The molecule has 0 saturated carbocycles. The molecule has 1 aliphatic heterocycles. The van der Waals surface area contributed by atoms with E-state index >= 15 is 0 Å². The summed E-state index contributed by atoms with van der Waals surface area (Å²) < 4.78 is 5.22. The Hall–Kier alpha value is -2.27. The van der Waals surface area contributed by atoms with Gasteiger partial charge >= 0.3 is 0 Å². The molecule has 122 valence electrons. The number of rotatable bonds is 4. The summed E-state index contributed by atoms with van der Waals surface area (Å²) in [7, 11) is 0. The number of likely N-dealkylation sites (N-methyl/N-ethyl adjacent to an activating group) is 1. The number of hydrogen-bond donors (Lipinski definition) is 1. The minimum absolute atomic E-state index is 0.129. The van der Waals surface area contributed by atoms with Gasteiger partial charge in [0.25, 0.3) is 5.91 Å². The van der Waals surface area contributed by atoms with Crippen molar-refractivity contribution in [2.75, 3.05) is 42.9 Å². The predicted molar refractivity (Wildman–Crippen MR) is 92.2 cm³/mol. The van der Waals surface area contributed by atoms with Crippen molar-refractivity contribution < 1.29 is 9.21 Å². The van der Waals surface area contributed by atoms with Gasteiger partial charge in [-0.1, -0.05) is 19.1 Å².